The first kappa shape index (κ1) is 17.6. The van der Waals surface area contributed by atoms with Crippen molar-refractivity contribution in [3.8, 4) is 5.69 Å². The van der Waals surface area contributed by atoms with E-state index in [0.717, 1.165) is 36.1 Å². The van der Waals surface area contributed by atoms with E-state index in [1.165, 1.54) is 5.56 Å². The molecule has 0 aliphatic rings. The summed E-state index contributed by atoms with van der Waals surface area (Å²) in [4.78, 5) is 0. The zero-order valence-electron chi connectivity index (χ0n) is 14.4. The quantitative estimate of drug-likeness (QED) is 0.471. The summed E-state index contributed by atoms with van der Waals surface area (Å²) >= 11 is 1.69. The van der Waals surface area contributed by atoms with Crippen LogP contribution in [-0.4, -0.2) is 39.0 Å². The summed E-state index contributed by atoms with van der Waals surface area (Å²) in [5.41, 5.74) is 2.37. The molecule has 130 valence electrons. The van der Waals surface area contributed by atoms with Gasteiger partial charge < -0.3 is 5.32 Å². The maximum atomic E-state index is 4.12. The number of tetrazole rings is 1. The van der Waals surface area contributed by atoms with Crippen LogP contribution in [0.3, 0.4) is 0 Å². The van der Waals surface area contributed by atoms with E-state index in [1.54, 1.807) is 16.4 Å². The average molecular weight is 353 g/mol. The van der Waals surface area contributed by atoms with Crippen LogP contribution in [0, 0.1) is 0 Å². The van der Waals surface area contributed by atoms with Gasteiger partial charge in [-0.25, -0.2) is 0 Å². The van der Waals surface area contributed by atoms with E-state index in [4.69, 9.17) is 0 Å². The minimum absolute atomic E-state index is 0.527. The Bertz CT molecular complexity index is 745. The predicted octanol–water partition coefficient (Wildman–Crippen LogP) is 3.54. The van der Waals surface area contributed by atoms with E-state index in [0.29, 0.717) is 5.92 Å². The van der Waals surface area contributed by atoms with Gasteiger partial charge in [0, 0.05) is 12.3 Å². The number of nitrogens with one attached hydrogen (secondary N) is 1. The number of thioether (sulfide) groups is 1. The van der Waals surface area contributed by atoms with Crippen molar-refractivity contribution >= 4 is 11.8 Å². The van der Waals surface area contributed by atoms with E-state index in [1.807, 2.05) is 30.3 Å². The first-order valence-corrected chi connectivity index (χ1v) is 9.55. The molecule has 0 saturated carbocycles. The molecule has 1 aromatic heterocycles. The molecule has 3 aromatic rings. The smallest absolute Gasteiger partial charge is 0.214 e. The summed E-state index contributed by atoms with van der Waals surface area (Å²) in [6.07, 6.45) is 1.08. The number of nitrogens with zero attached hydrogens (tertiary/aromatic N) is 4. The van der Waals surface area contributed by atoms with Gasteiger partial charge >= 0.3 is 0 Å². The normalized spacial score (nSPS) is 12.2. The highest BCUT2D eigenvalue weighted by Gasteiger charge is 2.08. The van der Waals surface area contributed by atoms with Crippen LogP contribution in [0.4, 0.5) is 0 Å². The maximum Gasteiger partial charge on any atom is 0.214 e. The van der Waals surface area contributed by atoms with Gasteiger partial charge in [0.05, 0.1) is 5.69 Å². The molecule has 1 atom stereocenters. The molecule has 6 heteroatoms. The summed E-state index contributed by atoms with van der Waals surface area (Å²) in [6.45, 7) is 4.25. The fourth-order valence-corrected chi connectivity index (χ4v) is 3.41. The molecule has 5 nitrogen and oxygen atoms in total. The van der Waals surface area contributed by atoms with Crippen molar-refractivity contribution in [3.63, 3.8) is 0 Å². The summed E-state index contributed by atoms with van der Waals surface area (Å²) < 4.78 is 1.79. The lowest BCUT2D eigenvalue weighted by atomic mass is 10.0. The van der Waals surface area contributed by atoms with Crippen molar-refractivity contribution in [2.45, 2.75) is 24.4 Å². The Hall–Kier alpha value is -2.18. The third kappa shape index (κ3) is 5.14. The van der Waals surface area contributed by atoms with E-state index in [-0.39, 0.29) is 0 Å². The molecule has 0 bridgehead atoms. The number of rotatable bonds is 9. The van der Waals surface area contributed by atoms with Crippen molar-refractivity contribution < 1.29 is 0 Å². The summed E-state index contributed by atoms with van der Waals surface area (Å²) in [5, 5.41) is 16.4. The zero-order valence-corrected chi connectivity index (χ0v) is 15.2. The third-order valence-electron chi connectivity index (χ3n) is 3.99. The Balaban J connectivity index is 1.38. The second-order valence-electron chi connectivity index (χ2n) is 5.93. The highest BCUT2D eigenvalue weighted by molar-refractivity contribution is 7.99. The minimum atomic E-state index is 0.527. The summed E-state index contributed by atoms with van der Waals surface area (Å²) in [6, 6.07) is 20.6. The van der Waals surface area contributed by atoms with Crippen molar-refractivity contribution in [2.75, 3.05) is 18.8 Å². The fourth-order valence-electron chi connectivity index (χ4n) is 2.58. The second kappa shape index (κ2) is 9.34. The SMILES string of the molecule is C[C@H](CNCCCSc1nnnn1-c1ccccc1)c1ccccc1. The molecule has 0 amide bonds. The van der Waals surface area contributed by atoms with Crippen LogP contribution in [0.5, 0.6) is 0 Å². The molecule has 1 heterocycles. The van der Waals surface area contributed by atoms with Gasteiger partial charge in [-0.05, 0) is 47.0 Å². The predicted molar refractivity (Wildman–Crippen MR) is 102 cm³/mol. The topological polar surface area (TPSA) is 55.6 Å². The van der Waals surface area contributed by atoms with Crippen LogP contribution in [-0.2, 0) is 0 Å². The van der Waals surface area contributed by atoms with Crippen molar-refractivity contribution in [1.29, 1.82) is 0 Å². The first-order chi connectivity index (χ1) is 12.3. The Labute approximate surface area is 152 Å². The molecular formula is C19H23N5S. The van der Waals surface area contributed by atoms with Gasteiger partial charge in [-0.15, -0.1) is 5.10 Å². The van der Waals surface area contributed by atoms with Crippen LogP contribution in [0.15, 0.2) is 65.8 Å². The number of hydrogen-bond donors (Lipinski definition) is 1. The lowest BCUT2D eigenvalue weighted by molar-refractivity contribution is 0.611. The Kier molecular flexibility index (Phi) is 6.59. The molecule has 25 heavy (non-hydrogen) atoms. The van der Waals surface area contributed by atoms with Gasteiger partial charge in [-0.3, -0.25) is 0 Å². The largest absolute Gasteiger partial charge is 0.316 e. The van der Waals surface area contributed by atoms with E-state index in [9.17, 15) is 0 Å². The number of aromatic nitrogens is 4. The van der Waals surface area contributed by atoms with Crippen LogP contribution in [0.1, 0.15) is 24.8 Å². The highest BCUT2D eigenvalue weighted by Crippen LogP contribution is 2.18. The monoisotopic (exact) mass is 353 g/mol. The summed E-state index contributed by atoms with van der Waals surface area (Å²) in [5.74, 6) is 1.51. The van der Waals surface area contributed by atoms with E-state index in [2.05, 4.69) is 58.1 Å². The molecule has 0 aliphatic heterocycles. The Morgan fingerprint density at radius 2 is 1.76 bits per heavy atom. The van der Waals surface area contributed by atoms with Gasteiger partial charge in [-0.1, -0.05) is 67.2 Å². The van der Waals surface area contributed by atoms with Crippen molar-refractivity contribution in [3.05, 3.63) is 66.2 Å². The third-order valence-corrected chi connectivity index (χ3v) is 5.00. The van der Waals surface area contributed by atoms with Gasteiger partial charge in [0.2, 0.25) is 5.16 Å². The first-order valence-electron chi connectivity index (χ1n) is 8.57. The molecule has 0 unspecified atom stereocenters. The minimum Gasteiger partial charge on any atom is -0.316 e. The number of para-hydroxylation sites is 1. The van der Waals surface area contributed by atoms with E-state index >= 15 is 0 Å². The maximum absolute atomic E-state index is 4.12. The molecule has 0 saturated heterocycles. The van der Waals surface area contributed by atoms with E-state index < -0.39 is 0 Å². The molecule has 0 fully saturated rings. The van der Waals surface area contributed by atoms with Gasteiger partial charge in [0.1, 0.15) is 0 Å². The molecule has 3 rings (SSSR count). The lowest BCUT2D eigenvalue weighted by Crippen LogP contribution is -2.21. The highest BCUT2D eigenvalue weighted by atomic mass is 32.2. The summed E-state index contributed by atoms with van der Waals surface area (Å²) in [7, 11) is 0. The Morgan fingerprint density at radius 1 is 1.04 bits per heavy atom. The van der Waals surface area contributed by atoms with Crippen LogP contribution in [0.2, 0.25) is 0 Å². The second-order valence-corrected chi connectivity index (χ2v) is 6.99. The fraction of sp³-hybridized carbons (Fsp3) is 0.316. The zero-order chi connectivity index (χ0) is 17.3. The molecule has 0 spiro atoms. The van der Waals surface area contributed by atoms with Crippen molar-refractivity contribution in [2.24, 2.45) is 0 Å². The molecule has 2 aromatic carbocycles. The number of benzene rings is 2. The molecule has 0 radical (unpaired) electrons. The van der Waals surface area contributed by atoms with Crippen LogP contribution >= 0.6 is 11.8 Å². The molecular weight excluding hydrogens is 330 g/mol. The van der Waals surface area contributed by atoms with Gasteiger partial charge in [0.25, 0.3) is 0 Å². The van der Waals surface area contributed by atoms with Gasteiger partial charge in [-0.2, -0.15) is 4.68 Å². The Morgan fingerprint density at radius 3 is 2.52 bits per heavy atom. The van der Waals surface area contributed by atoms with Crippen molar-refractivity contribution in [1.82, 2.24) is 25.5 Å². The lowest BCUT2D eigenvalue weighted by Gasteiger charge is -2.12. The molecule has 0 aliphatic carbocycles. The average Bonchev–Trinajstić information content (AvgIpc) is 3.14. The van der Waals surface area contributed by atoms with Crippen LogP contribution in [0.25, 0.3) is 5.69 Å². The standard InChI is InChI=1S/C19H23N5S/c1-16(17-9-4-2-5-10-17)15-20-13-8-14-25-19-21-22-23-24(19)18-11-6-3-7-12-18/h2-7,9-12,16,20H,8,13-15H2,1H3/t16-/m1/s1. The van der Waals surface area contributed by atoms with Gasteiger partial charge in [0.15, 0.2) is 0 Å². The number of hydrogen-bond acceptors (Lipinski definition) is 5. The molecule has 1 N–H and O–H groups in total. The van der Waals surface area contributed by atoms with Crippen LogP contribution < -0.4 is 5.32 Å².